The number of esters is 2. The molecule has 0 spiro atoms. The summed E-state index contributed by atoms with van der Waals surface area (Å²) in [5.41, 5.74) is 2.20. The first-order valence-electron chi connectivity index (χ1n) is 12.5. The summed E-state index contributed by atoms with van der Waals surface area (Å²) in [4.78, 5) is 26.9. The van der Waals surface area contributed by atoms with Gasteiger partial charge in [0, 0.05) is 24.7 Å². The Hall–Kier alpha value is -2.62. The number of fused-ring (bicyclic) bond motifs is 2. The van der Waals surface area contributed by atoms with Gasteiger partial charge in [0.15, 0.2) is 0 Å². The molecule has 0 aromatic rings. The van der Waals surface area contributed by atoms with Crippen molar-refractivity contribution in [3.63, 3.8) is 0 Å². The second-order valence-corrected chi connectivity index (χ2v) is 9.62. The number of allylic oxidation sites excluding steroid dienone is 6. The van der Waals surface area contributed by atoms with Gasteiger partial charge in [0.2, 0.25) is 0 Å². The van der Waals surface area contributed by atoms with E-state index < -0.39 is 11.2 Å². The van der Waals surface area contributed by atoms with E-state index in [1.165, 1.54) is 11.1 Å². The zero-order chi connectivity index (χ0) is 23.6. The highest BCUT2D eigenvalue weighted by Crippen LogP contribution is 2.46. The van der Waals surface area contributed by atoms with E-state index in [-0.39, 0.29) is 23.8 Å². The van der Waals surface area contributed by atoms with Crippen LogP contribution >= 0.6 is 0 Å². The minimum absolute atomic E-state index is 0.0701. The zero-order valence-electron chi connectivity index (χ0n) is 20.4. The fourth-order valence-corrected chi connectivity index (χ4v) is 5.27. The molecule has 4 nitrogen and oxygen atoms in total. The molecule has 33 heavy (non-hydrogen) atoms. The van der Waals surface area contributed by atoms with Gasteiger partial charge in [0.05, 0.1) is 11.1 Å². The molecule has 0 aliphatic heterocycles. The molecule has 0 saturated heterocycles. The molecule has 4 rings (SSSR count). The number of carbonyl (C=O) groups excluding carboxylic acids is 2. The summed E-state index contributed by atoms with van der Waals surface area (Å²) in [6.07, 6.45) is 21.9. The predicted molar refractivity (Wildman–Crippen MR) is 130 cm³/mol. The van der Waals surface area contributed by atoms with Crippen LogP contribution in [0.4, 0.5) is 0 Å². The number of hydrogen-bond donors (Lipinski definition) is 0. The van der Waals surface area contributed by atoms with Crippen LogP contribution in [0.5, 0.6) is 0 Å². The molecule has 0 heterocycles. The van der Waals surface area contributed by atoms with E-state index in [0.29, 0.717) is 36.8 Å². The van der Waals surface area contributed by atoms with Crippen LogP contribution in [0.1, 0.15) is 72.6 Å². The molecule has 4 aliphatic carbocycles. The summed E-state index contributed by atoms with van der Waals surface area (Å²) in [6, 6.07) is 0. The van der Waals surface area contributed by atoms with E-state index in [9.17, 15) is 9.59 Å². The molecular weight excluding hydrogens is 412 g/mol. The Kier molecular flexibility index (Phi) is 6.65. The van der Waals surface area contributed by atoms with Crippen molar-refractivity contribution in [3.8, 4) is 0 Å². The van der Waals surface area contributed by atoms with Crippen molar-refractivity contribution >= 4 is 11.9 Å². The molecular formula is C29H36O4. The van der Waals surface area contributed by atoms with Crippen LogP contribution in [0.25, 0.3) is 0 Å². The molecule has 0 radical (unpaired) electrons. The highest BCUT2D eigenvalue weighted by Gasteiger charge is 2.46. The Labute approximate surface area is 197 Å². The SMILES string of the molecule is CCC1=CCC(CC)(OC(=O)C2=C(C(=O)OC3(CC)C=CC(CC)=CC3)C3C=CC2C3)C=C1. The van der Waals surface area contributed by atoms with Gasteiger partial charge in [0.1, 0.15) is 11.2 Å². The van der Waals surface area contributed by atoms with E-state index in [4.69, 9.17) is 9.47 Å². The molecule has 0 N–H and O–H groups in total. The average molecular weight is 449 g/mol. The lowest BCUT2D eigenvalue weighted by atomic mass is 9.88. The Morgan fingerprint density at radius 3 is 1.52 bits per heavy atom. The highest BCUT2D eigenvalue weighted by molar-refractivity contribution is 6.03. The molecule has 0 saturated carbocycles. The van der Waals surface area contributed by atoms with Gasteiger partial charge >= 0.3 is 11.9 Å². The van der Waals surface area contributed by atoms with E-state index >= 15 is 0 Å². The molecule has 4 aliphatic rings. The molecule has 4 heteroatoms. The van der Waals surface area contributed by atoms with Gasteiger partial charge in [-0.1, -0.05) is 75.3 Å². The zero-order valence-corrected chi connectivity index (χ0v) is 20.4. The van der Waals surface area contributed by atoms with E-state index in [1.807, 2.05) is 38.2 Å². The summed E-state index contributed by atoms with van der Waals surface area (Å²) in [7, 11) is 0. The van der Waals surface area contributed by atoms with Crippen LogP contribution in [0.15, 0.2) is 70.9 Å². The maximum Gasteiger partial charge on any atom is 0.336 e. The van der Waals surface area contributed by atoms with Crippen molar-refractivity contribution in [1.82, 2.24) is 0 Å². The first-order chi connectivity index (χ1) is 15.9. The van der Waals surface area contributed by atoms with Crippen LogP contribution < -0.4 is 0 Å². The monoisotopic (exact) mass is 448 g/mol. The van der Waals surface area contributed by atoms with E-state index in [2.05, 4.69) is 38.2 Å². The minimum atomic E-state index is -0.651. The molecule has 0 aromatic heterocycles. The first-order valence-corrected chi connectivity index (χ1v) is 12.5. The Bertz CT molecular complexity index is 927. The maximum atomic E-state index is 13.5. The number of carbonyl (C=O) groups is 2. The van der Waals surface area contributed by atoms with Crippen molar-refractivity contribution < 1.29 is 19.1 Å². The third-order valence-electron chi connectivity index (χ3n) is 7.78. The van der Waals surface area contributed by atoms with E-state index in [0.717, 1.165) is 19.3 Å². The van der Waals surface area contributed by atoms with Gasteiger partial charge in [-0.15, -0.1) is 0 Å². The van der Waals surface area contributed by atoms with Crippen LogP contribution in [0.3, 0.4) is 0 Å². The maximum absolute atomic E-state index is 13.5. The molecule has 2 bridgehead atoms. The standard InChI is InChI=1S/C29H36O4/c1-5-20-11-15-28(7-3,16-12-20)32-26(30)24-22-9-10-23(19-22)25(24)27(31)33-29(8-4)17-13-21(6-2)14-18-29/h9-15,17,22-23H,5-8,16,18-19H2,1-4H3. The van der Waals surface area contributed by atoms with Gasteiger partial charge < -0.3 is 9.47 Å². The van der Waals surface area contributed by atoms with Gasteiger partial charge in [-0.05, 0) is 44.3 Å². The number of hydrogen-bond acceptors (Lipinski definition) is 4. The fraction of sp³-hybridized carbons (Fsp3) is 0.517. The van der Waals surface area contributed by atoms with Gasteiger partial charge in [-0.2, -0.15) is 0 Å². The van der Waals surface area contributed by atoms with Gasteiger partial charge in [0.25, 0.3) is 0 Å². The Morgan fingerprint density at radius 2 is 1.21 bits per heavy atom. The van der Waals surface area contributed by atoms with Crippen molar-refractivity contribution in [2.75, 3.05) is 0 Å². The van der Waals surface area contributed by atoms with Crippen molar-refractivity contribution in [2.45, 2.75) is 83.8 Å². The molecule has 4 unspecified atom stereocenters. The summed E-state index contributed by atoms with van der Waals surface area (Å²) in [5, 5.41) is 0. The molecule has 0 aromatic carbocycles. The lowest BCUT2D eigenvalue weighted by Gasteiger charge is -2.33. The largest absolute Gasteiger partial charge is 0.451 e. The molecule has 0 amide bonds. The Morgan fingerprint density at radius 1 is 0.788 bits per heavy atom. The summed E-state index contributed by atoms with van der Waals surface area (Å²) in [5.74, 6) is -0.897. The minimum Gasteiger partial charge on any atom is -0.451 e. The third kappa shape index (κ3) is 4.45. The van der Waals surface area contributed by atoms with Crippen molar-refractivity contribution in [3.05, 3.63) is 70.9 Å². The molecule has 176 valence electrons. The summed E-state index contributed by atoms with van der Waals surface area (Å²) in [6.45, 7) is 8.31. The molecule has 0 fully saturated rings. The highest BCUT2D eigenvalue weighted by atomic mass is 16.6. The number of ether oxygens (including phenoxy) is 2. The summed E-state index contributed by atoms with van der Waals surface area (Å²) < 4.78 is 12.2. The van der Waals surface area contributed by atoms with Crippen LogP contribution in [0.2, 0.25) is 0 Å². The van der Waals surface area contributed by atoms with Crippen molar-refractivity contribution in [1.29, 1.82) is 0 Å². The topological polar surface area (TPSA) is 52.6 Å². The molecule has 4 atom stereocenters. The smallest absolute Gasteiger partial charge is 0.336 e. The Balaban J connectivity index is 1.56. The average Bonchev–Trinajstić information content (AvgIpc) is 3.47. The fourth-order valence-electron chi connectivity index (χ4n) is 5.27. The second kappa shape index (κ2) is 9.32. The lowest BCUT2D eigenvalue weighted by molar-refractivity contribution is -0.154. The van der Waals surface area contributed by atoms with Gasteiger partial charge in [-0.3, -0.25) is 0 Å². The third-order valence-corrected chi connectivity index (χ3v) is 7.78. The number of rotatable bonds is 8. The van der Waals surface area contributed by atoms with Crippen LogP contribution in [0, 0.1) is 11.8 Å². The lowest BCUT2D eigenvalue weighted by Crippen LogP contribution is -2.36. The predicted octanol–water partition coefficient (Wildman–Crippen LogP) is 6.47. The summed E-state index contributed by atoms with van der Waals surface area (Å²) >= 11 is 0. The van der Waals surface area contributed by atoms with Crippen molar-refractivity contribution in [2.24, 2.45) is 11.8 Å². The first kappa shape index (κ1) is 23.5. The van der Waals surface area contributed by atoms with Gasteiger partial charge in [-0.25, -0.2) is 9.59 Å². The normalized spacial score (nSPS) is 32.1. The van der Waals surface area contributed by atoms with E-state index in [1.54, 1.807) is 0 Å². The van der Waals surface area contributed by atoms with Crippen LogP contribution in [-0.4, -0.2) is 23.1 Å². The second-order valence-electron chi connectivity index (χ2n) is 9.62. The quantitative estimate of drug-likeness (QED) is 0.316. The van der Waals surface area contributed by atoms with Crippen LogP contribution in [-0.2, 0) is 19.1 Å².